The van der Waals surface area contributed by atoms with E-state index in [0.29, 0.717) is 6.04 Å². The summed E-state index contributed by atoms with van der Waals surface area (Å²) < 4.78 is 0. The number of aliphatic imine (C=N–C) groups is 1. The summed E-state index contributed by atoms with van der Waals surface area (Å²) in [5, 5.41) is 0. The van der Waals surface area contributed by atoms with Crippen LogP contribution < -0.4 is 11.3 Å². The number of guanidine groups is 1. The molecular formula is C11H22N4. The van der Waals surface area contributed by atoms with E-state index in [2.05, 4.69) is 22.2 Å². The molecule has 0 aromatic rings. The van der Waals surface area contributed by atoms with E-state index in [4.69, 9.17) is 5.84 Å². The largest absolute Gasteiger partial charge is 0.342 e. The van der Waals surface area contributed by atoms with Crippen molar-refractivity contribution in [2.45, 2.75) is 45.1 Å². The predicted octanol–water partition coefficient (Wildman–Crippen LogP) is 1.09. The average Bonchev–Trinajstić information content (AvgIpc) is 3.09. The number of rotatable bonds is 5. The fourth-order valence-corrected chi connectivity index (χ4v) is 1.75. The zero-order valence-corrected chi connectivity index (χ0v) is 9.58. The van der Waals surface area contributed by atoms with Crippen LogP contribution >= 0.6 is 0 Å². The molecule has 4 nitrogen and oxygen atoms in total. The van der Waals surface area contributed by atoms with Crippen molar-refractivity contribution in [3.05, 3.63) is 0 Å². The Labute approximate surface area is 91.9 Å². The van der Waals surface area contributed by atoms with Crippen LogP contribution in [0.2, 0.25) is 0 Å². The Hall–Kier alpha value is -0.770. The van der Waals surface area contributed by atoms with E-state index in [0.717, 1.165) is 31.4 Å². The maximum Gasteiger partial charge on any atom is 0.208 e. The van der Waals surface area contributed by atoms with Crippen LogP contribution in [0.1, 0.15) is 39.0 Å². The van der Waals surface area contributed by atoms with Crippen molar-refractivity contribution >= 4 is 5.96 Å². The van der Waals surface area contributed by atoms with E-state index in [1.807, 2.05) is 0 Å². The molecule has 0 aliphatic heterocycles. The van der Waals surface area contributed by atoms with Gasteiger partial charge in [0.05, 0.1) is 6.04 Å². The lowest BCUT2D eigenvalue weighted by Gasteiger charge is -2.25. The molecule has 15 heavy (non-hydrogen) atoms. The second-order valence-corrected chi connectivity index (χ2v) is 4.72. The van der Waals surface area contributed by atoms with Crippen molar-refractivity contribution in [3.63, 3.8) is 0 Å². The van der Waals surface area contributed by atoms with Gasteiger partial charge in [-0.25, -0.2) is 10.8 Å². The molecule has 0 bridgehead atoms. The summed E-state index contributed by atoms with van der Waals surface area (Å²) in [6, 6.07) is 0.537. The molecule has 0 amide bonds. The third-order valence-corrected chi connectivity index (χ3v) is 2.95. The molecule has 4 heteroatoms. The molecule has 0 heterocycles. The third kappa shape index (κ3) is 3.38. The maximum atomic E-state index is 5.55. The van der Waals surface area contributed by atoms with E-state index in [1.165, 1.54) is 25.7 Å². The van der Waals surface area contributed by atoms with Crippen LogP contribution in [0.3, 0.4) is 0 Å². The van der Waals surface area contributed by atoms with Gasteiger partial charge in [-0.3, -0.25) is 5.43 Å². The van der Waals surface area contributed by atoms with Crippen LogP contribution in [-0.2, 0) is 0 Å². The molecule has 0 atom stereocenters. The first-order valence-corrected chi connectivity index (χ1v) is 6.12. The highest BCUT2D eigenvalue weighted by molar-refractivity contribution is 5.79. The van der Waals surface area contributed by atoms with Gasteiger partial charge in [-0.2, -0.15) is 0 Å². The summed E-state index contributed by atoms with van der Waals surface area (Å²) in [5.74, 6) is 7.35. The minimum absolute atomic E-state index is 0.537. The summed E-state index contributed by atoms with van der Waals surface area (Å²) in [6.45, 7) is 4.39. The van der Waals surface area contributed by atoms with Gasteiger partial charge in [0.15, 0.2) is 0 Å². The smallest absolute Gasteiger partial charge is 0.208 e. The molecular weight excluding hydrogens is 188 g/mol. The number of nitrogens with two attached hydrogens (primary N) is 1. The van der Waals surface area contributed by atoms with E-state index in [9.17, 15) is 0 Å². The average molecular weight is 210 g/mol. The third-order valence-electron chi connectivity index (χ3n) is 2.95. The fraction of sp³-hybridized carbons (Fsp3) is 0.909. The Balaban J connectivity index is 1.91. The van der Waals surface area contributed by atoms with Gasteiger partial charge in [-0.15, -0.1) is 0 Å². The minimum Gasteiger partial charge on any atom is -0.342 e. The van der Waals surface area contributed by atoms with Crippen molar-refractivity contribution in [1.29, 1.82) is 0 Å². The van der Waals surface area contributed by atoms with Crippen LogP contribution in [0.5, 0.6) is 0 Å². The van der Waals surface area contributed by atoms with Crippen LogP contribution in [0, 0.1) is 5.92 Å². The van der Waals surface area contributed by atoms with Gasteiger partial charge in [0, 0.05) is 13.1 Å². The van der Waals surface area contributed by atoms with Crippen molar-refractivity contribution < 1.29 is 0 Å². The van der Waals surface area contributed by atoms with Gasteiger partial charge in [0.25, 0.3) is 0 Å². The van der Waals surface area contributed by atoms with Crippen LogP contribution in [-0.4, -0.2) is 30.0 Å². The zero-order chi connectivity index (χ0) is 10.7. The van der Waals surface area contributed by atoms with Gasteiger partial charge in [0.1, 0.15) is 0 Å². The van der Waals surface area contributed by atoms with Crippen LogP contribution in [0.15, 0.2) is 4.99 Å². The lowest BCUT2D eigenvalue weighted by atomic mass is 10.3. The Bertz CT molecular complexity index is 231. The minimum atomic E-state index is 0.537. The predicted molar refractivity (Wildman–Crippen MR) is 62.4 cm³/mol. The molecule has 0 aromatic carbocycles. The molecule has 86 valence electrons. The molecule has 2 fully saturated rings. The monoisotopic (exact) mass is 210 g/mol. The van der Waals surface area contributed by atoms with Crippen molar-refractivity contribution in [2.24, 2.45) is 16.8 Å². The lowest BCUT2D eigenvalue weighted by Crippen LogP contribution is -2.46. The molecule has 3 N–H and O–H groups in total. The molecule has 0 aromatic heterocycles. The highest BCUT2D eigenvalue weighted by atomic mass is 15.4. The molecule has 2 aliphatic rings. The van der Waals surface area contributed by atoms with E-state index >= 15 is 0 Å². The number of hydrogen-bond acceptors (Lipinski definition) is 2. The topological polar surface area (TPSA) is 53.6 Å². The summed E-state index contributed by atoms with van der Waals surface area (Å²) in [6.07, 6.45) is 6.37. The Morgan fingerprint density at radius 2 is 2.13 bits per heavy atom. The Kier molecular flexibility index (Phi) is 3.46. The van der Waals surface area contributed by atoms with Crippen molar-refractivity contribution in [2.75, 3.05) is 13.1 Å². The second-order valence-electron chi connectivity index (χ2n) is 4.72. The van der Waals surface area contributed by atoms with Gasteiger partial charge in [-0.1, -0.05) is 6.92 Å². The fourth-order valence-electron chi connectivity index (χ4n) is 1.75. The highest BCUT2D eigenvalue weighted by Gasteiger charge is 2.27. The molecule has 2 aliphatic carbocycles. The molecule has 0 radical (unpaired) electrons. The number of nitrogens with zero attached hydrogens (tertiary/aromatic N) is 2. The molecule has 2 saturated carbocycles. The van der Waals surface area contributed by atoms with Gasteiger partial charge in [-0.05, 0) is 38.0 Å². The summed E-state index contributed by atoms with van der Waals surface area (Å²) >= 11 is 0. The number of nitrogens with one attached hydrogen (secondary N) is 1. The molecule has 2 rings (SSSR count). The summed E-state index contributed by atoms with van der Waals surface area (Å²) in [5.41, 5.74) is 2.77. The first-order valence-electron chi connectivity index (χ1n) is 6.12. The SMILES string of the molecule is CCCN(CC1CC1)C(=NC1CC1)NN. The molecule has 0 saturated heterocycles. The van der Waals surface area contributed by atoms with E-state index < -0.39 is 0 Å². The van der Waals surface area contributed by atoms with Crippen molar-refractivity contribution in [3.8, 4) is 0 Å². The first kappa shape index (κ1) is 10.7. The number of hydrogen-bond donors (Lipinski definition) is 2. The van der Waals surface area contributed by atoms with Crippen LogP contribution in [0.25, 0.3) is 0 Å². The quantitative estimate of drug-likeness (QED) is 0.309. The zero-order valence-electron chi connectivity index (χ0n) is 9.58. The van der Waals surface area contributed by atoms with Gasteiger partial charge >= 0.3 is 0 Å². The summed E-state index contributed by atoms with van der Waals surface area (Å²) in [7, 11) is 0. The molecule has 0 unspecified atom stereocenters. The summed E-state index contributed by atoms with van der Waals surface area (Å²) in [4.78, 5) is 6.93. The number of hydrazine groups is 1. The maximum absolute atomic E-state index is 5.55. The Morgan fingerprint density at radius 3 is 2.60 bits per heavy atom. The lowest BCUT2D eigenvalue weighted by molar-refractivity contribution is 0.384. The highest BCUT2D eigenvalue weighted by Crippen LogP contribution is 2.30. The van der Waals surface area contributed by atoms with Crippen LogP contribution in [0.4, 0.5) is 0 Å². The molecule has 0 spiro atoms. The second kappa shape index (κ2) is 4.84. The van der Waals surface area contributed by atoms with E-state index in [-0.39, 0.29) is 0 Å². The van der Waals surface area contributed by atoms with E-state index in [1.54, 1.807) is 0 Å². The normalized spacial score (nSPS) is 21.6. The van der Waals surface area contributed by atoms with Gasteiger partial charge in [0.2, 0.25) is 5.96 Å². The van der Waals surface area contributed by atoms with Gasteiger partial charge < -0.3 is 4.90 Å². The van der Waals surface area contributed by atoms with Crippen molar-refractivity contribution in [1.82, 2.24) is 10.3 Å². The Morgan fingerprint density at radius 1 is 1.40 bits per heavy atom. The standard InChI is InChI=1S/C11H22N4/c1-2-7-15(8-9-3-4-9)11(14-12)13-10-5-6-10/h9-10H,2-8,12H2,1H3,(H,13,14). The first-order chi connectivity index (χ1) is 7.33.